The van der Waals surface area contributed by atoms with Crippen molar-refractivity contribution >= 4 is 17.4 Å². The van der Waals surface area contributed by atoms with Crippen molar-refractivity contribution in [1.29, 1.82) is 0 Å². The Balaban J connectivity index is 2.60. The Morgan fingerprint density at radius 3 is 2.76 bits per heavy atom. The summed E-state index contributed by atoms with van der Waals surface area (Å²) in [6.45, 7) is 4.39. The molecule has 114 valence electrons. The SMILES string of the molecule is CCC(C)Cc1nn(C)c(N)c1-c1cc(Cl)ccc1OC. The van der Waals surface area contributed by atoms with E-state index in [9.17, 15) is 0 Å². The van der Waals surface area contributed by atoms with Gasteiger partial charge in [-0.25, -0.2) is 0 Å². The summed E-state index contributed by atoms with van der Waals surface area (Å²) in [4.78, 5) is 0. The Kier molecular flexibility index (Phi) is 4.78. The van der Waals surface area contributed by atoms with E-state index in [0.717, 1.165) is 35.4 Å². The number of benzene rings is 1. The zero-order chi connectivity index (χ0) is 15.6. The fraction of sp³-hybridized carbons (Fsp3) is 0.438. The molecular formula is C16H22ClN3O. The molecule has 1 aromatic heterocycles. The highest BCUT2D eigenvalue weighted by atomic mass is 35.5. The molecular weight excluding hydrogens is 286 g/mol. The summed E-state index contributed by atoms with van der Waals surface area (Å²) in [5.41, 5.74) is 9.04. The normalized spacial score (nSPS) is 12.4. The van der Waals surface area contributed by atoms with Gasteiger partial charge in [0.1, 0.15) is 11.6 Å². The lowest BCUT2D eigenvalue weighted by Gasteiger charge is -2.12. The molecule has 0 aliphatic carbocycles. The van der Waals surface area contributed by atoms with Crippen LogP contribution in [0.25, 0.3) is 11.1 Å². The second-order valence-electron chi connectivity index (χ2n) is 5.39. The predicted molar refractivity (Wildman–Crippen MR) is 87.8 cm³/mol. The highest BCUT2D eigenvalue weighted by Crippen LogP contribution is 2.38. The van der Waals surface area contributed by atoms with Gasteiger partial charge in [-0.2, -0.15) is 5.10 Å². The first kappa shape index (κ1) is 15.7. The molecule has 0 amide bonds. The molecule has 0 saturated heterocycles. The first-order chi connectivity index (χ1) is 9.97. The van der Waals surface area contributed by atoms with Crippen LogP contribution in [0.2, 0.25) is 5.02 Å². The third kappa shape index (κ3) is 3.16. The number of anilines is 1. The molecule has 1 atom stereocenters. The maximum Gasteiger partial charge on any atom is 0.129 e. The van der Waals surface area contributed by atoms with Crippen LogP contribution in [0.4, 0.5) is 5.82 Å². The molecule has 1 heterocycles. The van der Waals surface area contributed by atoms with Gasteiger partial charge in [0.25, 0.3) is 0 Å². The molecule has 0 spiro atoms. The van der Waals surface area contributed by atoms with E-state index in [2.05, 4.69) is 18.9 Å². The fourth-order valence-electron chi connectivity index (χ4n) is 2.38. The van der Waals surface area contributed by atoms with Crippen molar-refractivity contribution in [2.45, 2.75) is 26.7 Å². The van der Waals surface area contributed by atoms with Crippen LogP contribution < -0.4 is 10.5 Å². The minimum absolute atomic E-state index is 0.545. The molecule has 0 aliphatic rings. The van der Waals surface area contributed by atoms with Crippen LogP contribution in [0, 0.1) is 5.92 Å². The smallest absolute Gasteiger partial charge is 0.129 e. The van der Waals surface area contributed by atoms with Gasteiger partial charge in [0.15, 0.2) is 0 Å². The number of hydrogen-bond acceptors (Lipinski definition) is 3. The molecule has 5 heteroatoms. The number of ether oxygens (including phenoxy) is 1. The standard InChI is InChI=1S/C16H22ClN3O/c1-5-10(2)8-13-15(16(18)20(3)19-13)12-9-11(17)6-7-14(12)21-4/h6-7,9-10H,5,8,18H2,1-4H3. The molecule has 0 saturated carbocycles. The monoisotopic (exact) mass is 307 g/mol. The fourth-order valence-corrected chi connectivity index (χ4v) is 2.55. The highest BCUT2D eigenvalue weighted by Gasteiger charge is 2.20. The van der Waals surface area contributed by atoms with E-state index in [0.29, 0.717) is 16.8 Å². The number of methoxy groups -OCH3 is 1. The van der Waals surface area contributed by atoms with Crippen LogP contribution in [0.15, 0.2) is 18.2 Å². The molecule has 2 rings (SSSR count). The van der Waals surface area contributed by atoms with Gasteiger partial charge in [-0.1, -0.05) is 31.9 Å². The van der Waals surface area contributed by atoms with E-state index in [1.807, 2.05) is 25.2 Å². The van der Waals surface area contributed by atoms with Crippen molar-refractivity contribution in [3.05, 3.63) is 28.9 Å². The molecule has 2 aromatic rings. The van der Waals surface area contributed by atoms with E-state index < -0.39 is 0 Å². The number of nitrogens with two attached hydrogens (primary N) is 1. The third-order valence-corrected chi connectivity index (χ3v) is 4.07. The lowest BCUT2D eigenvalue weighted by Crippen LogP contribution is -2.01. The minimum atomic E-state index is 0.545. The van der Waals surface area contributed by atoms with Crippen molar-refractivity contribution < 1.29 is 4.74 Å². The van der Waals surface area contributed by atoms with E-state index in [4.69, 9.17) is 22.1 Å². The Hall–Kier alpha value is -1.68. The average molecular weight is 308 g/mol. The molecule has 0 bridgehead atoms. The van der Waals surface area contributed by atoms with Crippen LogP contribution in [0.1, 0.15) is 26.0 Å². The number of aromatic nitrogens is 2. The molecule has 2 N–H and O–H groups in total. The molecule has 0 fully saturated rings. The van der Waals surface area contributed by atoms with Gasteiger partial charge in [0, 0.05) is 17.6 Å². The Bertz CT molecular complexity index is 637. The second kappa shape index (κ2) is 6.39. The topological polar surface area (TPSA) is 53.1 Å². The van der Waals surface area contributed by atoms with Gasteiger partial charge in [-0.15, -0.1) is 0 Å². The predicted octanol–water partition coefficient (Wildman–Crippen LogP) is 3.92. The highest BCUT2D eigenvalue weighted by molar-refractivity contribution is 6.31. The first-order valence-electron chi connectivity index (χ1n) is 7.13. The van der Waals surface area contributed by atoms with Gasteiger partial charge < -0.3 is 10.5 Å². The minimum Gasteiger partial charge on any atom is -0.496 e. The van der Waals surface area contributed by atoms with Crippen LogP contribution in [0.5, 0.6) is 5.75 Å². The molecule has 0 radical (unpaired) electrons. The van der Waals surface area contributed by atoms with Crippen LogP contribution >= 0.6 is 11.6 Å². The van der Waals surface area contributed by atoms with Crippen molar-refractivity contribution in [2.75, 3.05) is 12.8 Å². The summed E-state index contributed by atoms with van der Waals surface area (Å²) < 4.78 is 7.17. The van der Waals surface area contributed by atoms with E-state index in [1.54, 1.807) is 11.8 Å². The summed E-state index contributed by atoms with van der Waals surface area (Å²) in [5.74, 6) is 1.93. The molecule has 21 heavy (non-hydrogen) atoms. The summed E-state index contributed by atoms with van der Waals surface area (Å²) >= 11 is 6.14. The average Bonchev–Trinajstić information content (AvgIpc) is 2.73. The van der Waals surface area contributed by atoms with E-state index in [-0.39, 0.29) is 0 Å². The maximum absolute atomic E-state index is 6.23. The number of nitrogens with zero attached hydrogens (tertiary/aromatic N) is 2. The number of rotatable bonds is 5. The van der Waals surface area contributed by atoms with E-state index >= 15 is 0 Å². The largest absolute Gasteiger partial charge is 0.496 e. The number of halogens is 1. The first-order valence-corrected chi connectivity index (χ1v) is 7.50. The summed E-state index contributed by atoms with van der Waals surface area (Å²) in [5, 5.41) is 5.23. The second-order valence-corrected chi connectivity index (χ2v) is 5.83. The quantitative estimate of drug-likeness (QED) is 0.911. The van der Waals surface area contributed by atoms with E-state index in [1.165, 1.54) is 0 Å². The van der Waals surface area contributed by atoms with Gasteiger partial charge in [0.2, 0.25) is 0 Å². The molecule has 1 unspecified atom stereocenters. The number of nitrogen functional groups attached to an aromatic ring is 1. The van der Waals surface area contributed by atoms with Crippen molar-refractivity contribution in [3.63, 3.8) is 0 Å². The summed E-state index contributed by atoms with van der Waals surface area (Å²) in [7, 11) is 3.50. The van der Waals surface area contributed by atoms with Gasteiger partial charge in [0.05, 0.1) is 18.4 Å². The zero-order valence-electron chi connectivity index (χ0n) is 13.0. The Morgan fingerprint density at radius 2 is 2.14 bits per heavy atom. The number of hydrogen-bond donors (Lipinski definition) is 1. The van der Waals surface area contributed by atoms with Crippen molar-refractivity contribution in [3.8, 4) is 16.9 Å². The van der Waals surface area contributed by atoms with Gasteiger partial charge in [-0.05, 0) is 30.5 Å². The molecule has 4 nitrogen and oxygen atoms in total. The molecule has 0 aliphatic heterocycles. The Labute approximate surface area is 130 Å². The number of aryl methyl sites for hydroxylation is 1. The van der Waals surface area contributed by atoms with Crippen LogP contribution in [-0.4, -0.2) is 16.9 Å². The third-order valence-electron chi connectivity index (χ3n) is 3.83. The van der Waals surface area contributed by atoms with Crippen molar-refractivity contribution in [2.24, 2.45) is 13.0 Å². The van der Waals surface area contributed by atoms with Crippen LogP contribution in [0.3, 0.4) is 0 Å². The molecule has 1 aromatic carbocycles. The Morgan fingerprint density at radius 1 is 1.43 bits per heavy atom. The zero-order valence-corrected chi connectivity index (χ0v) is 13.7. The van der Waals surface area contributed by atoms with Gasteiger partial charge >= 0.3 is 0 Å². The van der Waals surface area contributed by atoms with Gasteiger partial charge in [-0.3, -0.25) is 4.68 Å². The summed E-state index contributed by atoms with van der Waals surface area (Å²) in [6, 6.07) is 5.55. The lowest BCUT2D eigenvalue weighted by molar-refractivity contribution is 0.416. The summed E-state index contributed by atoms with van der Waals surface area (Å²) in [6.07, 6.45) is 1.98. The maximum atomic E-state index is 6.23. The van der Waals surface area contributed by atoms with Crippen LogP contribution in [-0.2, 0) is 13.5 Å². The lowest BCUT2D eigenvalue weighted by atomic mass is 9.96. The van der Waals surface area contributed by atoms with Crippen molar-refractivity contribution in [1.82, 2.24) is 9.78 Å².